The summed E-state index contributed by atoms with van der Waals surface area (Å²) < 4.78 is 6.33. The quantitative estimate of drug-likeness (QED) is 0.751. The highest BCUT2D eigenvalue weighted by molar-refractivity contribution is 5.92. The fourth-order valence-electron chi connectivity index (χ4n) is 2.64. The van der Waals surface area contributed by atoms with Crippen LogP contribution in [0.1, 0.15) is 19.4 Å². The van der Waals surface area contributed by atoms with Gasteiger partial charge in [-0.15, -0.1) is 0 Å². The molecule has 0 saturated carbocycles. The molecule has 0 aliphatic rings. The third kappa shape index (κ3) is 4.10. The van der Waals surface area contributed by atoms with Crippen molar-refractivity contribution in [3.8, 4) is 0 Å². The average molecular weight is 320 g/mol. The van der Waals surface area contributed by atoms with Gasteiger partial charge in [0, 0.05) is 23.7 Å². The molecule has 1 unspecified atom stereocenters. The Balaban J connectivity index is 2.27. The molecular formula is C17H24N2O4. The number of aliphatic hydroxyl groups is 2. The first-order valence-corrected chi connectivity index (χ1v) is 7.59. The number of aliphatic hydroxyl groups excluding tert-OH is 2. The van der Waals surface area contributed by atoms with Crippen LogP contribution in [0.15, 0.2) is 30.5 Å². The topological polar surface area (TPSA) is 83.7 Å². The monoisotopic (exact) mass is 320 g/mol. The number of fused-ring (bicyclic) bond motifs is 1. The lowest BCUT2D eigenvalue weighted by molar-refractivity contribution is 0.0878. The molecule has 0 fully saturated rings. The van der Waals surface area contributed by atoms with Crippen molar-refractivity contribution in [2.24, 2.45) is 0 Å². The lowest BCUT2D eigenvalue weighted by Gasteiger charge is -2.27. The minimum absolute atomic E-state index is 0.273. The lowest BCUT2D eigenvalue weighted by Crippen LogP contribution is -2.45. The zero-order valence-electron chi connectivity index (χ0n) is 13.7. The molecule has 2 rings (SSSR count). The maximum absolute atomic E-state index is 11.9. The first-order valence-electron chi connectivity index (χ1n) is 7.59. The van der Waals surface area contributed by atoms with Crippen molar-refractivity contribution in [1.29, 1.82) is 0 Å². The Bertz CT molecular complexity index is 678. The van der Waals surface area contributed by atoms with Crippen LogP contribution in [0.4, 0.5) is 4.79 Å². The molecule has 6 nitrogen and oxygen atoms in total. The molecule has 0 amide bonds. The van der Waals surface area contributed by atoms with Crippen LogP contribution in [0.2, 0.25) is 0 Å². The van der Waals surface area contributed by atoms with E-state index in [1.807, 2.05) is 38.1 Å². The molecule has 1 aromatic heterocycles. The van der Waals surface area contributed by atoms with Crippen LogP contribution in [0.5, 0.6) is 0 Å². The fourth-order valence-corrected chi connectivity index (χ4v) is 2.64. The highest BCUT2D eigenvalue weighted by atomic mass is 16.5. The van der Waals surface area contributed by atoms with Gasteiger partial charge in [0.1, 0.15) is 0 Å². The molecule has 2 aromatic rings. The van der Waals surface area contributed by atoms with Crippen molar-refractivity contribution in [3.05, 3.63) is 36.0 Å². The molecule has 6 heteroatoms. The van der Waals surface area contributed by atoms with E-state index in [2.05, 4.69) is 5.32 Å². The molecule has 1 atom stereocenters. The van der Waals surface area contributed by atoms with Gasteiger partial charge in [-0.1, -0.05) is 18.2 Å². The van der Waals surface area contributed by atoms with Crippen LogP contribution in [-0.2, 0) is 11.2 Å². The van der Waals surface area contributed by atoms with Crippen molar-refractivity contribution in [2.45, 2.75) is 31.9 Å². The van der Waals surface area contributed by atoms with Crippen molar-refractivity contribution >= 4 is 17.0 Å². The van der Waals surface area contributed by atoms with Crippen LogP contribution >= 0.6 is 0 Å². The number of rotatable bonds is 6. The minimum Gasteiger partial charge on any atom is -0.452 e. The van der Waals surface area contributed by atoms with E-state index >= 15 is 0 Å². The van der Waals surface area contributed by atoms with Gasteiger partial charge in [-0.3, -0.25) is 4.57 Å². The molecule has 1 aromatic carbocycles. The minimum atomic E-state index is -0.786. The Morgan fingerprint density at radius 2 is 2.09 bits per heavy atom. The number of carbonyl (C=O) groups excluding carboxylic acids is 1. The third-order valence-corrected chi connectivity index (χ3v) is 3.83. The van der Waals surface area contributed by atoms with Gasteiger partial charge >= 0.3 is 6.09 Å². The van der Waals surface area contributed by atoms with Crippen LogP contribution in [0, 0.1) is 0 Å². The average Bonchev–Trinajstić information content (AvgIpc) is 2.90. The molecule has 0 aliphatic carbocycles. The fraction of sp³-hybridized carbons (Fsp3) is 0.471. The van der Waals surface area contributed by atoms with E-state index in [0.717, 1.165) is 16.5 Å². The van der Waals surface area contributed by atoms with E-state index in [-0.39, 0.29) is 12.1 Å². The van der Waals surface area contributed by atoms with E-state index in [4.69, 9.17) is 9.84 Å². The number of nitrogens with one attached hydrogen (secondary N) is 1. The summed E-state index contributed by atoms with van der Waals surface area (Å²) in [6.45, 7) is 4.06. The standard InChI is InChI=1S/C17H24N2O4/c1-17(2,18-9-13(21)11-20)8-12-10-19(16(22)23-3)15-7-5-4-6-14(12)15/h4-7,10,13,18,20-21H,8-9,11H2,1-3H3. The van der Waals surface area contributed by atoms with Crippen molar-refractivity contribution in [3.63, 3.8) is 0 Å². The second kappa shape index (κ2) is 7.12. The number of aromatic nitrogens is 1. The number of nitrogens with zero attached hydrogens (tertiary/aromatic N) is 1. The Morgan fingerprint density at radius 1 is 1.39 bits per heavy atom. The summed E-state index contributed by atoms with van der Waals surface area (Å²) >= 11 is 0. The van der Waals surface area contributed by atoms with E-state index in [1.165, 1.54) is 11.7 Å². The van der Waals surface area contributed by atoms with Crippen molar-refractivity contribution < 1.29 is 19.7 Å². The summed E-state index contributed by atoms with van der Waals surface area (Å²) in [5, 5.41) is 22.6. The highest BCUT2D eigenvalue weighted by Gasteiger charge is 2.22. The summed E-state index contributed by atoms with van der Waals surface area (Å²) in [6, 6.07) is 7.67. The predicted molar refractivity (Wildman–Crippen MR) is 88.6 cm³/mol. The van der Waals surface area contributed by atoms with Crippen LogP contribution in [0.3, 0.4) is 0 Å². The van der Waals surface area contributed by atoms with Gasteiger partial charge in [-0.2, -0.15) is 0 Å². The molecule has 0 bridgehead atoms. The zero-order valence-corrected chi connectivity index (χ0v) is 13.7. The van der Waals surface area contributed by atoms with E-state index in [9.17, 15) is 9.90 Å². The normalized spacial score (nSPS) is 13.3. The van der Waals surface area contributed by atoms with E-state index < -0.39 is 12.2 Å². The van der Waals surface area contributed by atoms with Crippen LogP contribution in [0.25, 0.3) is 10.9 Å². The summed E-state index contributed by atoms with van der Waals surface area (Å²) in [5.41, 5.74) is 1.52. The second-order valence-electron chi connectivity index (χ2n) is 6.29. The molecule has 0 saturated heterocycles. The Labute approximate surface area is 135 Å². The zero-order chi connectivity index (χ0) is 17.0. The predicted octanol–water partition coefficient (Wildman–Crippen LogP) is 1.52. The maximum atomic E-state index is 11.9. The van der Waals surface area contributed by atoms with Gasteiger partial charge < -0.3 is 20.3 Å². The Morgan fingerprint density at radius 3 is 2.74 bits per heavy atom. The number of β-amino-alcohol motifs (C(OH)–C–C–N with tert-alkyl or cyclic N) is 1. The molecule has 0 radical (unpaired) electrons. The molecule has 1 heterocycles. The van der Waals surface area contributed by atoms with Gasteiger partial charge in [0.25, 0.3) is 0 Å². The Kier molecular flexibility index (Phi) is 5.41. The van der Waals surface area contributed by atoms with Crippen LogP contribution < -0.4 is 5.32 Å². The number of ether oxygens (including phenoxy) is 1. The largest absolute Gasteiger partial charge is 0.452 e. The molecule has 126 valence electrons. The Hall–Kier alpha value is -1.89. The SMILES string of the molecule is COC(=O)n1cc(CC(C)(C)NCC(O)CO)c2ccccc21. The number of para-hydroxylation sites is 1. The number of hydrogen-bond donors (Lipinski definition) is 3. The molecule has 0 aliphatic heterocycles. The third-order valence-electron chi connectivity index (χ3n) is 3.83. The van der Waals surface area contributed by atoms with Gasteiger partial charge in [0.15, 0.2) is 0 Å². The van der Waals surface area contributed by atoms with Crippen molar-refractivity contribution in [1.82, 2.24) is 9.88 Å². The highest BCUT2D eigenvalue weighted by Crippen LogP contribution is 2.25. The lowest BCUT2D eigenvalue weighted by atomic mass is 9.94. The summed E-state index contributed by atoms with van der Waals surface area (Å²) in [5.74, 6) is 0. The summed E-state index contributed by atoms with van der Waals surface area (Å²) in [7, 11) is 1.36. The molecular weight excluding hydrogens is 296 g/mol. The molecule has 3 N–H and O–H groups in total. The first kappa shape index (κ1) is 17.5. The number of methoxy groups -OCH3 is 1. The second-order valence-corrected chi connectivity index (χ2v) is 6.29. The maximum Gasteiger partial charge on any atom is 0.418 e. The van der Waals surface area contributed by atoms with Gasteiger partial charge in [0.2, 0.25) is 0 Å². The smallest absolute Gasteiger partial charge is 0.418 e. The number of benzene rings is 1. The number of hydrogen-bond acceptors (Lipinski definition) is 5. The van der Waals surface area contributed by atoms with Gasteiger partial charge in [-0.25, -0.2) is 4.79 Å². The molecule has 23 heavy (non-hydrogen) atoms. The first-order chi connectivity index (χ1) is 10.9. The summed E-state index contributed by atoms with van der Waals surface area (Å²) in [4.78, 5) is 11.9. The van der Waals surface area contributed by atoms with Gasteiger partial charge in [-0.05, 0) is 31.9 Å². The van der Waals surface area contributed by atoms with Gasteiger partial charge in [0.05, 0.1) is 25.3 Å². The van der Waals surface area contributed by atoms with Crippen LogP contribution in [-0.4, -0.2) is 52.8 Å². The molecule has 0 spiro atoms. The van der Waals surface area contributed by atoms with E-state index in [0.29, 0.717) is 13.0 Å². The number of carbonyl (C=O) groups is 1. The van der Waals surface area contributed by atoms with Crippen molar-refractivity contribution in [2.75, 3.05) is 20.3 Å². The summed E-state index contributed by atoms with van der Waals surface area (Å²) in [6.07, 6.45) is 1.25. The van der Waals surface area contributed by atoms with E-state index in [1.54, 1.807) is 6.20 Å².